The number of carbonyl (C=O) groups excluding carboxylic acids is 2. The van der Waals surface area contributed by atoms with Gasteiger partial charge in [0.05, 0.1) is 0 Å². The molecule has 2 rings (SSSR count). The van der Waals surface area contributed by atoms with E-state index in [9.17, 15) is 14.0 Å². The summed E-state index contributed by atoms with van der Waals surface area (Å²) in [5, 5.41) is 0. The molecule has 1 fully saturated rings. The molecule has 1 aliphatic carbocycles. The van der Waals surface area contributed by atoms with Gasteiger partial charge in [0.1, 0.15) is 0 Å². The molecule has 1 aliphatic rings. The minimum atomic E-state index is -1.88. The van der Waals surface area contributed by atoms with Crippen LogP contribution in [0.5, 0.6) is 0 Å². The van der Waals surface area contributed by atoms with Crippen molar-refractivity contribution in [1.82, 2.24) is 0 Å². The van der Waals surface area contributed by atoms with Crippen LogP contribution >= 0.6 is 0 Å². The molecule has 78 valence electrons. The maximum atomic E-state index is 13.0. The van der Waals surface area contributed by atoms with Gasteiger partial charge in [0.25, 0.3) is 0 Å². The third kappa shape index (κ3) is 1.96. The summed E-state index contributed by atoms with van der Waals surface area (Å²) in [6.07, 6.45) is -1.61. The fraction of sp³-hybridized carbons (Fsp3) is 0.333. The van der Waals surface area contributed by atoms with Crippen molar-refractivity contribution in [3.63, 3.8) is 0 Å². The molecule has 0 heterocycles. The molecule has 0 radical (unpaired) electrons. The normalized spacial score (nSPS) is 26.7. The molecule has 0 aliphatic heterocycles. The van der Waals surface area contributed by atoms with Gasteiger partial charge in [0.2, 0.25) is 6.17 Å². The fourth-order valence-corrected chi connectivity index (χ4v) is 1.91. The average molecular weight is 206 g/mol. The molecule has 0 spiro atoms. The van der Waals surface area contributed by atoms with Crippen LogP contribution < -0.4 is 0 Å². The maximum Gasteiger partial charge on any atom is 0.216 e. The van der Waals surface area contributed by atoms with Gasteiger partial charge in [-0.05, 0) is 11.5 Å². The molecule has 1 aromatic rings. The van der Waals surface area contributed by atoms with Crippen LogP contribution in [0.1, 0.15) is 24.3 Å². The number of rotatable bonds is 1. The molecule has 0 amide bonds. The number of Topliss-reactive ketones (excluding diaryl/α,β-unsaturated/α-hetero) is 2. The van der Waals surface area contributed by atoms with Gasteiger partial charge in [-0.15, -0.1) is 0 Å². The molecule has 0 bridgehead atoms. The maximum absolute atomic E-state index is 13.0. The zero-order valence-electron chi connectivity index (χ0n) is 8.15. The first-order valence-electron chi connectivity index (χ1n) is 4.93. The van der Waals surface area contributed by atoms with Crippen molar-refractivity contribution in [2.24, 2.45) is 0 Å². The zero-order chi connectivity index (χ0) is 10.8. The second kappa shape index (κ2) is 3.93. The Morgan fingerprint density at radius 2 is 1.53 bits per heavy atom. The summed E-state index contributed by atoms with van der Waals surface area (Å²) in [5.41, 5.74) is 0.936. The highest BCUT2D eigenvalue weighted by Crippen LogP contribution is 2.30. The fourth-order valence-electron chi connectivity index (χ4n) is 1.91. The molecule has 2 nitrogen and oxygen atoms in total. The van der Waals surface area contributed by atoms with Gasteiger partial charge in [-0.1, -0.05) is 30.3 Å². The van der Waals surface area contributed by atoms with Crippen LogP contribution in [-0.4, -0.2) is 17.7 Å². The van der Waals surface area contributed by atoms with Crippen molar-refractivity contribution in [2.45, 2.75) is 24.9 Å². The van der Waals surface area contributed by atoms with E-state index < -0.39 is 17.7 Å². The van der Waals surface area contributed by atoms with Gasteiger partial charge in [-0.25, -0.2) is 4.39 Å². The Hall–Kier alpha value is -1.51. The number of hydrogen-bond donors (Lipinski definition) is 0. The van der Waals surface area contributed by atoms with E-state index >= 15 is 0 Å². The number of carbonyl (C=O) groups is 2. The second-order valence-corrected chi connectivity index (χ2v) is 3.81. The lowest BCUT2D eigenvalue weighted by atomic mass is 9.82. The Bertz CT molecular complexity index is 368. The molecular weight excluding hydrogens is 195 g/mol. The van der Waals surface area contributed by atoms with Crippen molar-refractivity contribution in [3.8, 4) is 0 Å². The van der Waals surface area contributed by atoms with E-state index in [2.05, 4.69) is 0 Å². The van der Waals surface area contributed by atoms with Crippen LogP contribution in [-0.2, 0) is 9.59 Å². The molecule has 0 unspecified atom stereocenters. The van der Waals surface area contributed by atoms with Crippen LogP contribution in [0.15, 0.2) is 30.3 Å². The first kappa shape index (κ1) is 10.0. The molecular formula is C12H11FO2. The van der Waals surface area contributed by atoms with Crippen LogP contribution in [0.3, 0.4) is 0 Å². The van der Waals surface area contributed by atoms with Gasteiger partial charge in [0, 0.05) is 12.8 Å². The summed E-state index contributed by atoms with van der Waals surface area (Å²) in [7, 11) is 0. The van der Waals surface area contributed by atoms with Crippen LogP contribution in [0.25, 0.3) is 0 Å². The second-order valence-electron chi connectivity index (χ2n) is 3.81. The van der Waals surface area contributed by atoms with E-state index in [1.54, 1.807) is 0 Å². The van der Waals surface area contributed by atoms with E-state index in [1.807, 2.05) is 30.3 Å². The Morgan fingerprint density at radius 1 is 1.00 bits per heavy atom. The predicted octanol–water partition coefficient (Wildman–Crippen LogP) is 2.04. The minimum Gasteiger partial charge on any atom is -0.296 e. The van der Waals surface area contributed by atoms with Crippen molar-refractivity contribution in [3.05, 3.63) is 35.9 Å². The summed E-state index contributed by atoms with van der Waals surface area (Å²) < 4.78 is 13.0. The Kier molecular flexibility index (Phi) is 2.62. The SMILES string of the molecule is O=C1CC(c2ccccc2)CC(=O)C1F. The van der Waals surface area contributed by atoms with E-state index in [1.165, 1.54) is 0 Å². The van der Waals surface area contributed by atoms with Crippen LogP contribution in [0, 0.1) is 0 Å². The zero-order valence-corrected chi connectivity index (χ0v) is 8.15. The van der Waals surface area contributed by atoms with Gasteiger partial charge in [-0.3, -0.25) is 9.59 Å². The molecule has 0 N–H and O–H groups in total. The number of hydrogen-bond acceptors (Lipinski definition) is 2. The van der Waals surface area contributed by atoms with Gasteiger partial charge in [0.15, 0.2) is 11.6 Å². The largest absolute Gasteiger partial charge is 0.296 e. The highest BCUT2D eigenvalue weighted by Gasteiger charge is 2.35. The molecule has 0 aromatic heterocycles. The number of benzene rings is 1. The van der Waals surface area contributed by atoms with Crippen molar-refractivity contribution in [1.29, 1.82) is 0 Å². The third-order valence-corrected chi connectivity index (χ3v) is 2.73. The monoisotopic (exact) mass is 206 g/mol. The molecule has 1 saturated carbocycles. The lowest BCUT2D eigenvalue weighted by Gasteiger charge is -2.22. The Labute approximate surface area is 87.1 Å². The smallest absolute Gasteiger partial charge is 0.216 e. The molecule has 15 heavy (non-hydrogen) atoms. The van der Waals surface area contributed by atoms with Gasteiger partial charge < -0.3 is 0 Å². The van der Waals surface area contributed by atoms with Gasteiger partial charge in [-0.2, -0.15) is 0 Å². The van der Waals surface area contributed by atoms with E-state index in [-0.39, 0.29) is 18.8 Å². The Balaban J connectivity index is 2.20. The predicted molar refractivity (Wildman–Crippen MR) is 53.3 cm³/mol. The topological polar surface area (TPSA) is 34.1 Å². The molecule has 3 heteroatoms. The average Bonchev–Trinajstić information content (AvgIpc) is 2.26. The van der Waals surface area contributed by atoms with Gasteiger partial charge >= 0.3 is 0 Å². The van der Waals surface area contributed by atoms with Crippen molar-refractivity contribution < 1.29 is 14.0 Å². The molecule has 0 saturated heterocycles. The summed E-state index contributed by atoms with van der Waals surface area (Å²) in [6, 6.07) is 9.30. The quantitative estimate of drug-likeness (QED) is 0.659. The first-order chi connectivity index (χ1) is 7.18. The van der Waals surface area contributed by atoms with Crippen LogP contribution in [0.4, 0.5) is 4.39 Å². The highest BCUT2D eigenvalue weighted by atomic mass is 19.1. The Morgan fingerprint density at radius 3 is 2.07 bits per heavy atom. The minimum absolute atomic E-state index is 0.136. The van der Waals surface area contributed by atoms with Crippen LogP contribution in [0.2, 0.25) is 0 Å². The van der Waals surface area contributed by atoms with E-state index in [4.69, 9.17) is 0 Å². The lowest BCUT2D eigenvalue weighted by molar-refractivity contribution is -0.137. The standard InChI is InChI=1S/C12H11FO2/c13-12-10(14)6-9(7-11(12)15)8-4-2-1-3-5-8/h1-5,9,12H,6-7H2. The summed E-state index contributed by atoms with van der Waals surface area (Å²) in [4.78, 5) is 22.4. The highest BCUT2D eigenvalue weighted by molar-refractivity contribution is 6.07. The lowest BCUT2D eigenvalue weighted by Crippen LogP contribution is -2.33. The third-order valence-electron chi connectivity index (χ3n) is 2.73. The number of alkyl halides is 1. The van der Waals surface area contributed by atoms with Crippen molar-refractivity contribution >= 4 is 11.6 Å². The summed E-state index contributed by atoms with van der Waals surface area (Å²) >= 11 is 0. The first-order valence-corrected chi connectivity index (χ1v) is 4.93. The molecule has 0 atom stereocenters. The summed E-state index contributed by atoms with van der Waals surface area (Å²) in [5.74, 6) is -1.31. The van der Waals surface area contributed by atoms with E-state index in [0.29, 0.717) is 0 Å². The summed E-state index contributed by atoms with van der Waals surface area (Å²) in [6.45, 7) is 0. The van der Waals surface area contributed by atoms with Crippen molar-refractivity contribution in [2.75, 3.05) is 0 Å². The number of halogens is 1. The molecule has 1 aromatic carbocycles. The van der Waals surface area contributed by atoms with E-state index in [0.717, 1.165) is 5.56 Å². The number of ketones is 2.